The number of furan rings is 1. The first-order valence-corrected chi connectivity index (χ1v) is 12.9. The summed E-state index contributed by atoms with van der Waals surface area (Å²) in [6.07, 6.45) is 3.98. The number of hydrogen-bond donors (Lipinski definition) is 0. The molecule has 9 heteroatoms. The maximum Gasteiger partial charge on any atom is 0.270 e. The first-order chi connectivity index (χ1) is 17.1. The lowest BCUT2D eigenvalue weighted by Crippen LogP contribution is -2.20. The Balaban J connectivity index is 1.53. The van der Waals surface area contributed by atoms with E-state index in [1.165, 1.54) is 9.28 Å². The summed E-state index contributed by atoms with van der Waals surface area (Å²) in [6, 6.07) is 16.6. The fourth-order valence-electron chi connectivity index (χ4n) is 4.84. The number of rotatable bonds is 3. The van der Waals surface area contributed by atoms with Crippen LogP contribution in [0.1, 0.15) is 39.7 Å². The van der Waals surface area contributed by atoms with Crippen LogP contribution in [-0.2, 0) is 12.8 Å². The summed E-state index contributed by atoms with van der Waals surface area (Å²) in [5.74, 6) is -0.0481. The maximum absolute atomic E-state index is 13.9. The number of fused-ring (bicyclic) bond motifs is 5. The van der Waals surface area contributed by atoms with E-state index in [-0.39, 0.29) is 17.1 Å². The van der Waals surface area contributed by atoms with E-state index >= 15 is 0 Å². The van der Waals surface area contributed by atoms with Gasteiger partial charge in [-0.25, -0.2) is 9.38 Å². The van der Waals surface area contributed by atoms with E-state index in [4.69, 9.17) is 9.40 Å². The molecule has 6 aromatic rings. The second-order valence-corrected chi connectivity index (χ2v) is 10.6. The van der Waals surface area contributed by atoms with Gasteiger partial charge in [0.2, 0.25) is 11.6 Å². The lowest BCUT2D eigenvalue weighted by molar-refractivity contribution is 0.0999. The number of halogens is 1. The highest BCUT2D eigenvalue weighted by Crippen LogP contribution is 2.34. The molecular weight excluding hydrogens is 528 g/mol. The molecule has 0 amide bonds. The molecule has 1 aliphatic carbocycles. The number of benzene rings is 2. The molecule has 35 heavy (non-hydrogen) atoms. The van der Waals surface area contributed by atoms with Crippen molar-refractivity contribution in [2.45, 2.75) is 25.7 Å². The highest BCUT2D eigenvalue weighted by Gasteiger charge is 2.28. The average Bonchev–Trinajstić information content (AvgIpc) is 3.57. The van der Waals surface area contributed by atoms with Crippen LogP contribution in [0.5, 0.6) is 0 Å². The van der Waals surface area contributed by atoms with Crippen molar-refractivity contribution < 1.29 is 9.21 Å². The molecule has 0 saturated carbocycles. The number of carbonyl (C=O) groups is 1. The predicted molar refractivity (Wildman–Crippen MR) is 138 cm³/mol. The number of para-hydroxylation sites is 1. The van der Waals surface area contributed by atoms with Gasteiger partial charge >= 0.3 is 0 Å². The SMILES string of the molecule is O=C(c1cc2cc(Br)ccc2o1)c1nn(-c2ccccc2)c2nc3sc4c(c3c(=O)n12)CCCC4. The Hall–Kier alpha value is -3.56. The number of aryl methyl sites for hydroxylation is 2. The molecule has 2 aromatic carbocycles. The predicted octanol–water partition coefficient (Wildman–Crippen LogP) is 5.71. The molecule has 0 bridgehead atoms. The van der Waals surface area contributed by atoms with Crippen LogP contribution in [0.2, 0.25) is 0 Å². The third-order valence-electron chi connectivity index (χ3n) is 6.47. The van der Waals surface area contributed by atoms with Crippen molar-refractivity contribution in [1.82, 2.24) is 19.2 Å². The Bertz CT molecular complexity index is 1860. The van der Waals surface area contributed by atoms with Crippen molar-refractivity contribution in [2.24, 2.45) is 0 Å². The zero-order chi connectivity index (χ0) is 23.7. The fourth-order valence-corrected chi connectivity index (χ4v) is 6.46. The van der Waals surface area contributed by atoms with E-state index in [2.05, 4.69) is 21.0 Å². The molecule has 4 aromatic heterocycles. The van der Waals surface area contributed by atoms with Gasteiger partial charge in [-0.2, -0.15) is 4.68 Å². The molecule has 0 unspecified atom stereocenters. The van der Waals surface area contributed by atoms with Crippen LogP contribution in [0.25, 0.3) is 32.7 Å². The minimum absolute atomic E-state index is 0.0165. The van der Waals surface area contributed by atoms with Crippen molar-refractivity contribution in [2.75, 3.05) is 0 Å². The second-order valence-electron chi connectivity index (χ2n) is 8.64. The lowest BCUT2D eigenvalue weighted by atomic mass is 9.97. The normalized spacial score (nSPS) is 13.6. The van der Waals surface area contributed by atoms with E-state index in [1.807, 2.05) is 42.5 Å². The first kappa shape index (κ1) is 20.8. The fraction of sp³-hybridized carbons (Fsp3) is 0.154. The Morgan fingerprint density at radius 3 is 2.74 bits per heavy atom. The molecule has 4 heterocycles. The van der Waals surface area contributed by atoms with Gasteiger partial charge in [0.05, 0.1) is 11.1 Å². The molecule has 1 aliphatic rings. The topological polar surface area (TPSA) is 82.4 Å². The molecule has 0 N–H and O–H groups in total. The number of ketones is 1. The summed E-state index contributed by atoms with van der Waals surface area (Å²) in [5.41, 5.74) is 2.12. The van der Waals surface area contributed by atoms with Crippen LogP contribution >= 0.6 is 27.3 Å². The summed E-state index contributed by atoms with van der Waals surface area (Å²) in [5, 5.41) is 6.00. The molecule has 7 rings (SSSR count). The van der Waals surface area contributed by atoms with Crippen LogP contribution in [0.3, 0.4) is 0 Å². The standard InChI is InChI=1S/C26H17BrN4O3S/c27-15-10-11-18-14(12-15)13-19(34-18)22(32)23-29-31(16-6-2-1-3-7-16)26-28-24-21(25(33)30(23)26)17-8-4-5-9-20(17)35-24/h1-3,6-7,10-13H,4-5,8-9H2. The van der Waals surface area contributed by atoms with E-state index in [0.29, 0.717) is 27.3 Å². The summed E-state index contributed by atoms with van der Waals surface area (Å²) < 4.78 is 9.65. The van der Waals surface area contributed by atoms with Gasteiger partial charge in [0, 0.05) is 14.7 Å². The quantitative estimate of drug-likeness (QED) is 0.266. The lowest BCUT2D eigenvalue weighted by Gasteiger charge is -2.09. The minimum atomic E-state index is -0.468. The Morgan fingerprint density at radius 2 is 1.89 bits per heavy atom. The Morgan fingerprint density at radius 1 is 1.06 bits per heavy atom. The van der Waals surface area contributed by atoms with E-state index in [1.54, 1.807) is 28.2 Å². The zero-order valence-electron chi connectivity index (χ0n) is 18.3. The van der Waals surface area contributed by atoms with Crippen LogP contribution in [0, 0.1) is 0 Å². The zero-order valence-corrected chi connectivity index (χ0v) is 20.7. The van der Waals surface area contributed by atoms with Gasteiger partial charge in [0.15, 0.2) is 5.76 Å². The molecular formula is C26H17BrN4O3S. The smallest absolute Gasteiger partial charge is 0.270 e. The minimum Gasteiger partial charge on any atom is -0.452 e. The van der Waals surface area contributed by atoms with Crippen molar-refractivity contribution in [3.05, 3.63) is 91.4 Å². The van der Waals surface area contributed by atoms with Crippen LogP contribution in [-0.4, -0.2) is 24.9 Å². The number of aromatic nitrogens is 4. The highest BCUT2D eigenvalue weighted by molar-refractivity contribution is 9.10. The molecule has 0 spiro atoms. The highest BCUT2D eigenvalue weighted by atomic mass is 79.9. The van der Waals surface area contributed by atoms with Crippen LogP contribution in [0.15, 0.2) is 68.3 Å². The molecule has 0 saturated heterocycles. The van der Waals surface area contributed by atoms with E-state index < -0.39 is 5.78 Å². The van der Waals surface area contributed by atoms with Crippen LogP contribution < -0.4 is 5.56 Å². The van der Waals surface area contributed by atoms with Crippen molar-refractivity contribution in [1.29, 1.82) is 0 Å². The summed E-state index contributed by atoms with van der Waals surface area (Å²) in [6.45, 7) is 0. The monoisotopic (exact) mass is 544 g/mol. The summed E-state index contributed by atoms with van der Waals surface area (Å²) >= 11 is 5.03. The molecule has 0 fully saturated rings. The Kier molecular flexibility index (Phi) is 4.59. The van der Waals surface area contributed by atoms with Gasteiger partial charge in [-0.1, -0.05) is 34.1 Å². The van der Waals surface area contributed by atoms with Gasteiger partial charge in [0.25, 0.3) is 11.3 Å². The largest absolute Gasteiger partial charge is 0.452 e. The van der Waals surface area contributed by atoms with Crippen LogP contribution in [0.4, 0.5) is 0 Å². The third-order valence-corrected chi connectivity index (χ3v) is 8.15. The number of hydrogen-bond acceptors (Lipinski definition) is 6. The van der Waals surface area contributed by atoms with Gasteiger partial charge in [0.1, 0.15) is 10.4 Å². The molecule has 7 nitrogen and oxygen atoms in total. The molecule has 0 radical (unpaired) electrons. The van der Waals surface area contributed by atoms with E-state index in [0.717, 1.165) is 41.1 Å². The van der Waals surface area contributed by atoms with Gasteiger partial charge in [-0.15, -0.1) is 16.4 Å². The van der Waals surface area contributed by atoms with Crippen molar-refractivity contribution >= 4 is 60.0 Å². The molecule has 0 atom stereocenters. The van der Waals surface area contributed by atoms with Gasteiger partial charge < -0.3 is 4.42 Å². The van der Waals surface area contributed by atoms with Gasteiger partial charge in [-0.3, -0.25) is 9.59 Å². The number of thiophene rings is 1. The third kappa shape index (κ3) is 3.15. The number of nitrogens with zero attached hydrogens (tertiary/aromatic N) is 4. The molecule has 172 valence electrons. The van der Waals surface area contributed by atoms with E-state index in [9.17, 15) is 9.59 Å². The van der Waals surface area contributed by atoms with Gasteiger partial charge in [-0.05, 0) is 67.6 Å². The Labute approximate surface area is 210 Å². The second kappa shape index (κ2) is 7.73. The maximum atomic E-state index is 13.9. The van der Waals surface area contributed by atoms with Crippen molar-refractivity contribution in [3.63, 3.8) is 0 Å². The number of carbonyl (C=O) groups excluding carboxylic acids is 1. The van der Waals surface area contributed by atoms with Crippen molar-refractivity contribution in [3.8, 4) is 5.69 Å². The molecule has 0 aliphatic heterocycles. The average molecular weight is 545 g/mol. The summed E-state index contributed by atoms with van der Waals surface area (Å²) in [7, 11) is 0. The first-order valence-electron chi connectivity index (χ1n) is 11.3. The summed E-state index contributed by atoms with van der Waals surface area (Å²) in [4.78, 5) is 34.4.